The Morgan fingerprint density at radius 2 is 1.90 bits per heavy atom. The van der Waals surface area contributed by atoms with Crippen molar-refractivity contribution in [3.05, 3.63) is 53.2 Å². The average molecular weight is 300 g/mol. The highest BCUT2D eigenvalue weighted by molar-refractivity contribution is 7.80. The Hall–Kier alpha value is -1.94. The second kappa shape index (κ2) is 5.82. The Labute approximate surface area is 131 Å². The third-order valence-electron chi connectivity index (χ3n) is 3.13. The highest BCUT2D eigenvalue weighted by atomic mass is 32.1. The number of nitrogens with zero attached hydrogens (tertiary/aromatic N) is 1. The van der Waals surface area contributed by atoms with Crippen LogP contribution < -0.4 is 10.5 Å². The average Bonchev–Trinajstić information content (AvgIpc) is 2.40. The summed E-state index contributed by atoms with van der Waals surface area (Å²) in [5, 5.41) is 0. The lowest BCUT2D eigenvalue weighted by Gasteiger charge is -2.23. The SMILES string of the molecule is Cc1ccc(Oc2cccc(C(N)=S)n2)c(C(C)(C)C)c1. The van der Waals surface area contributed by atoms with Crippen LogP contribution in [0, 0.1) is 6.92 Å². The molecular formula is C17H20N2OS. The zero-order chi connectivity index (χ0) is 15.6. The number of nitrogens with two attached hydrogens (primary N) is 1. The molecule has 4 heteroatoms. The molecule has 3 nitrogen and oxygen atoms in total. The lowest BCUT2D eigenvalue weighted by atomic mass is 9.85. The molecule has 0 aliphatic rings. The van der Waals surface area contributed by atoms with Gasteiger partial charge in [0.25, 0.3) is 0 Å². The van der Waals surface area contributed by atoms with Crippen LogP contribution in [0.3, 0.4) is 0 Å². The molecule has 2 N–H and O–H groups in total. The second-order valence-electron chi connectivity index (χ2n) is 6.08. The zero-order valence-corrected chi connectivity index (χ0v) is 13.6. The van der Waals surface area contributed by atoms with Gasteiger partial charge in [0.05, 0.1) is 0 Å². The third kappa shape index (κ3) is 3.79. The Morgan fingerprint density at radius 1 is 1.19 bits per heavy atom. The minimum Gasteiger partial charge on any atom is -0.439 e. The van der Waals surface area contributed by atoms with Crippen LogP contribution >= 0.6 is 12.2 Å². The fourth-order valence-corrected chi connectivity index (χ4v) is 2.15. The van der Waals surface area contributed by atoms with Crippen LogP contribution in [0.4, 0.5) is 0 Å². The van der Waals surface area contributed by atoms with E-state index in [9.17, 15) is 0 Å². The summed E-state index contributed by atoms with van der Waals surface area (Å²) < 4.78 is 5.96. The molecule has 1 aromatic carbocycles. The van der Waals surface area contributed by atoms with E-state index in [0.29, 0.717) is 11.6 Å². The van der Waals surface area contributed by atoms with Crippen LogP contribution in [0.1, 0.15) is 37.6 Å². The number of aryl methyl sites for hydroxylation is 1. The monoisotopic (exact) mass is 300 g/mol. The van der Waals surface area contributed by atoms with Crippen molar-refractivity contribution < 1.29 is 4.74 Å². The number of ether oxygens (including phenoxy) is 1. The third-order valence-corrected chi connectivity index (χ3v) is 3.34. The molecule has 0 saturated heterocycles. The van der Waals surface area contributed by atoms with Gasteiger partial charge in [-0.1, -0.05) is 56.8 Å². The van der Waals surface area contributed by atoms with Crippen LogP contribution in [0.2, 0.25) is 0 Å². The Bertz CT molecular complexity index is 675. The zero-order valence-electron chi connectivity index (χ0n) is 12.8. The molecule has 0 unspecified atom stereocenters. The van der Waals surface area contributed by atoms with E-state index in [-0.39, 0.29) is 10.4 Å². The molecule has 0 radical (unpaired) electrons. The predicted molar refractivity (Wildman–Crippen MR) is 90.1 cm³/mol. The van der Waals surface area contributed by atoms with Crippen molar-refractivity contribution in [3.8, 4) is 11.6 Å². The molecule has 2 aromatic rings. The smallest absolute Gasteiger partial charge is 0.219 e. The van der Waals surface area contributed by atoms with E-state index >= 15 is 0 Å². The molecule has 0 bridgehead atoms. The molecular weight excluding hydrogens is 280 g/mol. The van der Waals surface area contributed by atoms with Crippen LogP contribution in [0.15, 0.2) is 36.4 Å². The van der Waals surface area contributed by atoms with Gasteiger partial charge >= 0.3 is 0 Å². The normalized spacial score (nSPS) is 11.2. The van der Waals surface area contributed by atoms with Gasteiger partial charge in [-0.2, -0.15) is 0 Å². The first-order valence-electron chi connectivity index (χ1n) is 6.83. The molecule has 110 valence electrons. The van der Waals surface area contributed by atoms with Crippen LogP contribution in [0.5, 0.6) is 11.6 Å². The van der Waals surface area contributed by atoms with Gasteiger partial charge in [-0.15, -0.1) is 0 Å². The number of hydrogen-bond donors (Lipinski definition) is 1. The molecule has 0 fully saturated rings. The molecule has 0 aliphatic heterocycles. The summed E-state index contributed by atoms with van der Waals surface area (Å²) in [5.74, 6) is 1.30. The van der Waals surface area contributed by atoms with Crippen molar-refractivity contribution in [3.63, 3.8) is 0 Å². The molecule has 2 rings (SSSR count). The Kier molecular flexibility index (Phi) is 4.28. The van der Waals surface area contributed by atoms with Gasteiger partial charge < -0.3 is 10.5 Å². The summed E-state index contributed by atoms with van der Waals surface area (Å²) in [7, 11) is 0. The van der Waals surface area contributed by atoms with Crippen LogP contribution in [0.25, 0.3) is 0 Å². The highest BCUT2D eigenvalue weighted by Crippen LogP contribution is 2.34. The molecule has 0 aliphatic carbocycles. The van der Waals surface area contributed by atoms with Crippen molar-refractivity contribution in [2.75, 3.05) is 0 Å². The molecule has 0 spiro atoms. The highest BCUT2D eigenvalue weighted by Gasteiger charge is 2.19. The number of benzene rings is 1. The van der Waals surface area contributed by atoms with Crippen molar-refractivity contribution in [2.24, 2.45) is 5.73 Å². The number of rotatable bonds is 3. The molecule has 21 heavy (non-hydrogen) atoms. The number of thiocarbonyl (C=S) groups is 1. The van der Waals surface area contributed by atoms with E-state index in [1.54, 1.807) is 12.1 Å². The predicted octanol–water partition coefficient (Wildman–Crippen LogP) is 4.11. The van der Waals surface area contributed by atoms with Crippen LogP contribution in [-0.4, -0.2) is 9.97 Å². The molecule has 1 heterocycles. The fraction of sp³-hybridized carbons (Fsp3) is 0.294. The first kappa shape index (κ1) is 15.4. The lowest BCUT2D eigenvalue weighted by Crippen LogP contribution is -2.14. The second-order valence-corrected chi connectivity index (χ2v) is 6.52. The fourth-order valence-electron chi connectivity index (χ4n) is 2.04. The minimum atomic E-state index is -0.0118. The van der Waals surface area contributed by atoms with Gasteiger partial charge in [-0.25, -0.2) is 4.98 Å². The first-order valence-corrected chi connectivity index (χ1v) is 7.24. The summed E-state index contributed by atoms with van der Waals surface area (Å²) in [6.45, 7) is 8.55. The van der Waals surface area contributed by atoms with E-state index in [2.05, 4.69) is 38.7 Å². The van der Waals surface area contributed by atoms with E-state index in [4.69, 9.17) is 22.7 Å². The maximum Gasteiger partial charge on any atom is 0.219 e. The largest absolute Gasteiger partial charge is 0.439 e. The Morgan fingerprint density at radius 3 is 2.52 bits per heavy atom. The van der Waals surface area contributed by atoms with E-state index in [0.717, 1.165) is 11.3 Å². The van der Waals surface area contributed by atoms with Crippen LogP contribution in [-0.2, 0) is 5.41 Å². The van der Waals surface area contributed by atoms with Gasteiger partial charge in [0.15, 0.2) is 0 Å². The summed E-state index contributed by atoms with van der Waals surface area (Å²) in [5.41, 5.74) is 8.51. The van der Waals surface area contributed by atoms with Crippen molar-refractivity contribution in [1.82, 2.24) is 4.98 Å². The van der Waals surface area contributed by atoms with Crippen molar-refractivity contribution >= 4 is 17.2 Å². The summed E-state index contributed by atoms with van der Waals surface area (Å²) in [6.07, 6.45) is 0. The van der Waals surface area contributed by atoms with E-state index in [1.165, 1.54) is 5.56 Å². The van der Waals surface area contributed by atoms with Crippen molar-refractivity contribution in [1.29, 1.82) is 0 Å². The quantitative estimate of drug-likeness (QED) is 0.866. The molecule has 0 atom stereocenters. The molecule has 1 aromatic heterocycles. The van der Waals surface area contributed by atoms with E-state index in [1.807, 2.05) is 18.2 Å². The number of pyridine rings is 1. The van der Waals surface area contributed by atoms with Gasteiger partial charge in [-0.3, -0.25) is 0 Å². The van der Waals surface area contributed by atoms with E-state index < -0.39 is 0 Å². The molecule has 0 saturated carbocycles. The van der Waals surface area contributed by atoms with Gasteiger partial charge in [0.1, 0.15) is 16.4 Å². The molecule has 0 amide bonds. The Balaban J connectivity index is 2.40. The standard InChI is InChI=1S/C17H20N2OS/c1-11-8-9-14(12(10-11)17(2,3)4)20-15-7-5-6-13(19-15)16(18)21/h5-10H,1-4H3,(H2,18,21). The summed E-state index contributed by atoms with van der Waals surface area (Å²) >= 11 is 4.95. The summed E-state index contributed by atoms with van der Waals surface area (Å²) in [6, 6.07) is 11.6. The van der Waals surface area contributed by atoms with Gasteiger partial charge in [0, 0.05) is 11.6 Å². The topological polar surface area (TPSA) is 48.1 Å². The number of aromatic nitrogens is 1. The van der Waals surface area contributed by atoms with Gasteiger partial charge in [-0.05, 0) is 24.5 Å². The van der Waals surface area contributed by atoms with Gasteiger partial charge in [0.2, 0.25) is 5.88 Å². The minimum absolute atomic E-state index is 0.0118. The lowest BCUT2D eigenvalue weighted by molar-refractivity contribution is 0.439. The number of hydrogen-bond acceptors (Lipinski definition) is 3. The van der Waals surface area contributed by atoms with Crippen molar-refractivity contribution in [2.45, 2.75) is 33.1 Å². The maximum absolute atomic E-state index is 5.96. The maximum atomic E-state index is 5.96. The summed E-state index contributed by atoms with van der Waals surface area (Å²) in [4.78, 5) is 4.59. The first-order chi connectivity index (χ1) is 9.77.